The molecule has 8 nitrogen and oxygen atoms in total. The molecular weight excluding hydrogens is 503 g/mol. The monoisotopic (exact) mass is 527 g/mol. The number of halogens is 7. The molecule has 4 heterocycles. The molecule has 36 heavy (non-hydrogen) atoms. The Morgan fingerprint density at radius 1 is 1.19 bits per heavy atom. The number of fused-ring (bicyclic) bond motifs is 3. The van der Waals surface area contributed by atoms with E-state index < -0.39 is 86.2 Å². The molecule has 0 amide bonds. The minimum atomic E-state index is -3.43. The number of nitrogens with one attached hydrogen (secondary N) is 1. The van der Waals surface area contributed by atoms with Gasteiger partial charge in [-0.05, 0) is 12.5 Å². The minimum absolute atomic E-state index is 0.105. The first kappa shape index (κ1) is 26.6. The molecule has 2 aliphatic rings. The highest BCUT2D eigenvalue weighted by atomic mass is 19.3. The third kappa shape index (κ3) is 5.43. The Hall–Kier alpha value is -2.49. The number of pyridine rings is 1. The normalized spacial score (nSPS) is 22.9. The maximum Gasteiger partial charge on any atom is 0.289 e. The SMILES string of the molecule is OC(Nc1ccnc(C(F)F)c1F)N1CCc2nn3c(c2C1)C(F)(F)CC[C@@](O)(COCC(F)F)C3. The van der Waals surface area contributed by atoms with Crippen molar-refractivity contribution in [3.63, 3.8) is 0 Å². The van der Waals surface area contributed by atoms with E-state index in [0.29, 0.717) is 5.69 Å². The van der Waals surface area contributed by atoms with Crippen LogP contribution in [0.5, 0.6) is 0 Å². The molecule has 2 aromatic heterocycles. The van der Waals surface area contributed by atoms with E-state index in [4.69, 9.17) is 4.74 Å². The van der Waals surface area contributed by atoms with Crippen molar-refractivity contribution in [2.75, 3.05) is 25.1 Å². The fraction of sp³-hybridized carbons (Fsp3) is 0.619. The van der Waals surface area contributed by atoms with E-state index in [1.165, 1.54) is 4.90 Å². The van der Waals surface area contributed by atoms with Crippen LogP contribution < -0.4 is 5.32 Å². The number of ether oxygens (including phenoxy) is 1. The Morgan fingerprint density at radius 2 is 1.94 bits per heavy atom. The summed E-state index contributed by atoms with van der Waals surface area (Å²) in [6.07, 6.45) is -7.73. The largest absolute Gasteiger partial charge is 0.386 e. The molecule has 3 N–H and O–H groups in total. The van der Waals surface area contributed by atoms with Gasteiger partial charge in [0.15, 0.2) is 12.2 Å². The van der Waals surface area contributed by atoms with E-state index in [9.17, 15) is 32.2 Å². The number of aromatic nitrogens is 3. The van der Waals surface area contributed by atoms with Crippen molar-refractivity contribution < 1.29 is 45.7 Å². The summed E-state index contributed by atoms with van der Waals surface area (Å²) >= 11 is 0. The van der Waals surface area contributed by atoms with Gasteiger partial charge in [0, 0.05) is 37.7 Å². The maximum absolute atomic E-state index is 15.2. The van der Waals surface area contributed by atoms with Crippen LogP contribution in [0.1, 0.15) is 41.9 Å². The van der Waals surface area contributed by atoms with Crippen LogP contribution in [0.2, 0.25) is 0 Å². The number of hydrogen-bond acceptors (Lipinski definition) is 7. The quantitative estimate of drug-likeness (QED) is 0.359. The third-order valence-corrected chi connectivity index (χ3v) is 6.19. The molecule has 0 bridgehead atoms. The Bertz CT molecular complexity index is 1090. The summed E-state index contributed by atoms with van der Waals surface area (Å²) in [6, 6.07) is 1.05. The van der Waals surface area contributed by atoms with Crippen molar-refractivity contribution in [3.05, 3.63) is 40.7 Å². The lowest BCUT2D eigenvalue weighted by Crippen LogP contribution is -2.44. The molecule has 0 radical (unpaired) electrons. The van der Waals surface area contributed by atoms with Crippen LogP contribution in [0.3, 0.4) is 0 Å². The molecule has 0 saturated heterocycles. The second-order valence-electron chi connectivity index (χ2n) is 8.86. The van der Waals surface area contributed by atoms with Crippen LogP contribution in [0.25, 0.3) is 0 Å². The minimum Gasteiger partial charge on any atom is -0.386 e. The lowest BCUT2D eigenvalue weighted by Gasteiger charge is -2.32. The summed E-state index contributed by atoms with van der Waals surface area (Å²) in [5.74, 6) is -4.78. The molecule has 2 aliphatic heterocycles. The molecule has 2 atom stereocenters. The highest BCUT2D eigenvalue weighted by molar-refractivity contribution is 5.46. The van der Waals surface area contributed by atoms with Crippen LogP contribution >= 0.6 is 0 Å². The Morgan fingerprint density at radius 3 is 2.64 bits per heavy atom. The molecule has 0 spiro atoms. The topological polar surface area (TPSA) is 95.7 Å². The zero-order valence-corrected chi connectivity index (χ0v) is 18.8. The highest BCUT2D eigenvalue weighted by Crippen LogP contribution is 2.43. The number of rotatable bonds is 8. The van der Waals surface area contributed by atoms with Gasteiger partial charge in [0.1, 0.15) is 23.6 Å². The van der Waals surface area contributed by atoms with Crippen molar-refractivity contribution in [1.29, 1.82) is 0 Å². The summed E-state index contributed by atoms with van der Waals surface area (Å²) in [4.78, 5) is 4.57. The zero-order valence-electron chi connectivity index (χ0n) is 18.8. The van der Waals surface area contributed by atoms with Gasteiger partial charge in [0.05, 0.1) is 24.5 Å². The van der Waals surface area contributed by atoms with Gasteiger partial charge in [0.2, 0.25) is 0 Å². The van der Waals surface area contributed by atoms with Crippen LogP contribution in [0.15, 0.2) is 12.3 Å². The number of nitrogens with zero attached hydrogens (tertiary/aromatic N) is 4. The summed E-state index contributed by atoms with van der Waals surface area (Å²) in [5.41, 5.74) is -3.45. The molecule has 1 unspecified atom stereocenters. The molecule has 0 aliphatic carbocycles. The van der Waals surface area contributed by atoms with Gasteiger partial charge in [-0.3, -0.25) is 14.6 Å². The first-order valence-electron chi connectivity index (χ1n) is 11.1. The predicted molar refractivity (Wildman–Crippen MR) is 110 cm³/mol. The van der Waals surface area contributed by atoms with Crippen LogP contribution in [-0.4, -0.2) is 68.0 Å². The van der Waals surface area contributed by atoms with Gasteiger partial charge in [-0.2, -0.15) is 13.9 Å². The summed E-state index contributed by atoms with van der Waals surface area (Å²) in [6.45, 7) is -2.06. The van der Waals surface area contributed by atoms with Crippen molar-refractivity contribution in [1.82, 2.24) is 19.7 Å². The van der Waals surface area contributed by atoms with Crippen molar-refractivity contribution in [3.8, 4) is 0 Å². The number of hydrogen-bond donors (Lipinski definition) is 3. The average molecular weight is 527 g/mol. The van der Waals surface area contributed by atoms with E-state index in [1.807, 2.05) is 0 Å². The van der Waals surface area contributed by atoms with E-state index in [1.54, 1.807) is 0 Å². The van der Waals surface area contributed by atoms with E-state index in [2.05, 4.69) is 15.4 Å². The molecule has 0 aromatic carbocycles. The second kappa shape index (κ2) is 10.1. The van der Waals surface area contributed by atoms with E-state index >= 15 is 8.78 Å². The molecular formula is C21H24F7N5O3. The Kier molecular flexibility index (Phi) is 7.46. The van der Waals surface area contributed by atoms with Crippen molar-refractivity contribution >= 4 is 5.69 Å². The number of alkyl halides is 6. The van der Waals surface area contributed by atoms with E-state index in [0.717, 1.165) is 16.9 Å². The summed E-state index contributed by atoms with van der Waals surface area (Å²) in [7, 11) is 0. The first-order valence-corrected chi connectivity index (χ1v) is 11.1. The van der Waals surface area contributed by atoms with Gasteiger partial charge in [-0.25, -0.2) is 22.0 Å². The average Bonchev–Trinajstić information content (AvgIpc) is 3.11. The lowest BCUT2D eigenvalue weighted by atomic mass is 9.95. The van der Waals surface area contributed by atoms with Gasteiger partial charge >= 0.3 is 0 Å². The van der Waals surface area contributed by atoms with Crippen molar-refractivity contribution in [2.24, 2.45) is 0 Å². The fourth-order valence-electron chi connectivity index (χ4n) is 4.46. The van der Waals surface area contributed by atoms with Crippen molar-refractivity contribution in [2.45, 2.75) is 63.1 Å². The Balaban J connectivity index is 1.54. The summed E-state index contributed by atoms with van der Waals surface area (Å²) in [5, 5.41) is 27.9. The van der Waals surface area contributed by atoms with Gasteiger partial charge in [-0.1, -0.05) is 0 Å². The smallest absolute Gasteiger partial charge is 0.289 e. The van der Waals surface area contributed by atoms with Gasteiger partial charge in [0.25, 0.3) is 18.8 Å². The first-order chi connectivity index (χ1) is 16.9. The van der Waals surface area contributed by atoms with Crippen LogP contribution in [-0.2, 0) is 30.2 Å². The summed E-state index contributed by atoms with van der Waals surface area (Å²) < 4.78 is 101. The highest BCUT2D eigenvalue weighted by Gasteiger charge is 2.47. The zero-order chi connectivity index (χ0) is 26.3. The van der Waals surface area contributed by atoms with Crippen LogP contribution in [0, 0.1) is 5.82 Å². The van der Waals surface area contributed by atoms with Crippen LogP contribution in [0.4, 0.5) is 36.4 Å². The molecule has 200 valence electrons. The molecule has 4 rings (SSSR count). The van der Waals surface area contributed by atoms with Gasteiger partial charge < -0.3 is 20.3 Å². The van der Waals surface area contributed by atoms with Gasteiger partial charge in [-0.15, -0.1) is 0 Å². The predicted octanol–water partition coefficient (Wildman–Crippen LogP) is 3.00. The van der Waals surface area contributed by atoms with E-state index in [-0.39, 0.29) is 25.1 Å². The lowest BCUT2D eigenvalue weighted by molar-refractivity contribution is -0.0927. The standard InChI is InChI=1S/C21H24F7N5O3/c22-14(23)8-36-10-20(35)3-4-21(27,28)17-11-7-32(6-2-12(11)31-33(17)9-20)19(34)30-13-1-5-29-16(15(13)24)18(25)26/h1,5,14,18-19,34-35H,2-4,6-10H2,(H,29,30)/t19?,20-/m0/s1. The molecule has 15 heteroatoms. The second-order valence-corrected chi connectivity index (χ2v) is 8.86. The number of anilines is 1. The number of aliphatic hydroxyl groups excluding tert-OH is 1. The Labute approximate surface area is 200 Å². The third-order valence-electron chi connectivity index (χ3n) is 6.19. The molecule has 0 saturated carbocycles. The number of aliphatic hydroxyl groups is 2. The molecule has 2 aromatic rings. The fourth-order valence-corrected chi connectivity index (χ4v) is 4.46. The maximum atomic E-state index is 15.2. The molecule has 0 fully saturated rings.